The zero-order valence-corrected chi connectivity index (χ0v) is 10.3. The van der Waals surface area contributed by atoms with Crippen LogP contribution in [0.4, 0.5) is 0 Å². The third-order valence-electron chi connectivity index (χ3n) is 2.29. The smallest absolute Gasteiger partial charge is 0.310 e. The van der Waals surface area contributed by atoms with Crippen molar-refractivity contribution in [2.75, 3.05) is 5.75 Å². The Morgan fingerprint density at radius 3 is 2.69 bits per heavy atom. The van der Waals surface area contributed by atoms with Gasteiger partial charge in [-0.3, -0.25) is 9.59 Å². The normalized spacial score (nSPS) is 23.7. The van der Waals surface area contributed by atoms with Crippen molar-refractivity contribution in [3.05, 3.63) is 12.2 Å². The number of carbonyl (C=O) groups is 2. The second kappa shape index (κ2) is 5.94. The molecule has 0 aromatic heterocycles. The summed E-state index contributed by atoms with van der Waals surface area (Å²) in [7, 11) is 0. The first-order valence-electron chi connectivity index (χ1n) is 5.31. The molecule has 1 aliphatic carbocycles. The monoisotopic (exact) mass is 243 g/mol. The van der Waals surface area contributed by atoms with Crippen molar-refractivity contribution in [2.24, 2.45) is 5.92 Å². The zero-order chi connectivity index (χ0) is 12.1. The number of carboxylic acid groups (broad SMARTS) is 1. The Balaban J connectivity index is 2.27. The maximum absolute atomic E-state index is 11.5. The Kier molecular flexibility index (Phi) is 4.86. The van der Waals surface area contributed by atoms with Gasteiger partial charge in [-0.25, -0.2) is 0 Å². The number of carboxylic acids is 1. The van der Waals surface area contributed by atoms with Gasteiger partial charge in [0, 0.05) is 6.04 Å². The van der Waals surface area contributed by atoms with E-state index in [9.17, 15) is 9.59 Å². The number of amides is 1. The molecular weight excluding hydrogens is 226 g/mol. The third-order valence-corrected chi connectivity index (χ3v) is 3.39. The minimum Gasteiger partial charge on any atom is -0.481 e. The molecule has 16 heavy (non-hydrogen) atoms. The van der Waals surface area contributed by atoms with Crippen molar-refractivity contribution in [1.82, 2.24) is 5.32 Å². The summed E-state index contributed by atoms with van der Waals surface area (Å²) < 4.78 is 0. The summed E-state index contributed by atoms with van der Waals surface area (Å²) in [6, 6.07) is -0.124. The molecule has 0 fully saturated rings. The molecule has 2 N–H and O–H groups in total. The lowest BCUT2D eigenvalue weighted by Crippen LogP contribution is -2.34. The molecule has 2 unspecified atom stereocenters. The van der Waals surface area contributed by atoms with Gasteiger partial charge in [0.2, 0.25) is 5.91 Å². The van der Waals surface area contributed by atoms with Crippen LogP contribution in [-0.2, 0) is 9.59 Å². The minimum absolute atomic E-state index is 0.0283. The van der Waals surface area contributed by atoms with Crippen molar-refractivity contribution >= 4 is 23.6 Å². The van der Waals surface area contributed by atoms with Crippen molar-refractivity contribution < 1.29 is 14.7 Å². The zero-order valence-electron chi connectivity index (χ0n) is 9.47. The summed E-state index contributed by atoms with van der Waals surface area (Å²) in [5.74, 6) is -0.883. The van der Waals surface area contributed by atoms with Gasteiger partial charge in [-0.05, 0) is 11.7 Å². The Morgan fingerprint density at radius 2 is 2.19 bits per heavy atom. The van der Waals surface area contributed by atoms with Crippen molar-refractivity contribution in [3.8, 4) is 0 Å². The van der Waals surface area contributed by atoms with E-state index in [1.54, 1.807) is 23.9 Å². The molecule has 5 heteroatoms. The fourth-order valence-corrected chi connectivity index (χ4v) is 2.05. The first-order valence-corrected chi connectivity index (χ1v) is 6.36. The van der Waals surface area contributed by atoms with Crippen molar-refractivity contribution in [1.29, 1.82) is 0 Å². The van der Waals surface area contributed by atoms with Crippen LogP contribution in [0.15, 0.2) is 12.2 Å². The number of thioether (sulfide) groups is 1. The van der Waals surface area contributed by atoms with Gasteiger partial charge in [0.25, 0.3) is 0 Å². The van der Waals surface area contributed by atoms with Crippen LogP contribution in [0.2, 0.25) is 0 Å². The lowest BCUT2D eigenvalue weighted by molar-refractivity contribution is -0.140. The molecule has 0 saturated heterocycles. The summed E-state index contributed by atoms with van der Waals surface area (Å²) in [6.45, 7) is 4.07. The molecule has 0 radical (unpaired) electrons. The van der Waals surface area contributed by atoms with E-state index in [0.29, 0.717) is 17.4 Å². The van der Waals surface area contributed by atoms with E-state index in [1.165, 1.54) is 0 Å². The molecule has 4 nitrogen and oxygen atoms in total. The first-order chi connectivity index (χ1) is 7.49. The first kappa shape index (κ1) is 13.1. The number of carbonyl (C=O) groups excluding carboxylic acids is 1. The highest BCUT2D eigenvalue weighted by Gasteiger charge is 2.25. The largest absolute Gasteiger partial charge is 0.481 e. The molecule has 0 aromatic rings. The Bertz CT molecular complexity index is 302. The van der Waals surface area contributed by atoms with Crippen LogP contribution in [-0.4, -0.2) is 34.0 Å². The Hall–Kier alpha value is -0.970. The third kappa shape index (κ3) is 4.26. The lowest BCUT2D eigenvalue weighted by atomic mass is 10.1. The predicted octanol–water partition coefficient (Wildman–Crippen LogP) is 1.27. The van der Waals surface area contributed by atoms with Crippen LogP contribution in [0, 0.1) is 5.92 Å². The highest BCUT2D eigenvalue weighted by molar-refractivity contribution is 8.00. The number of rotatable bonds is 5. The Morgan fingerprint density at radius 1 is 1.50 bits per heavy atom. The summed E-state index contributed by atoms with van der Waals surface area (Å²) in [5.41, 5.74) is 0. The Labute approximate surface area is 99.5 Å². The number of nitrogens with one attached hydrogen (secondary N) is 1. The minimum atomic E-state index is -0.829. The van der Waals surface area contributed by atoms with Gasteiger partial charge in [-0.15, -0.1) is 11.8 Å². The standard InChI is InChI=1S/C11H17NO3S/c1-7(2)16-6-10(13)12-9-4-3-8(5-9)11(14)15/h3-4,7-9H,5-6H2,1-2H3,(H,12,13)(H,14,15). The molecule has 90 valence electrons. The van der Waals surface area contributed by atoms with Crippen LogP contribution >= 0.6 is 11.8 Å². The van der Waals surface area contributed by atoms with Crippen LogP contribution < -0.4 is 5.32 Å². The molecule has 1 rings (SSSR count). The molecule has 0 saturated carbocycles. The lowest BCUT2D eigenvalue weighted by Gasteiger charge is -2.12. The number of aliphatic carboxylic acids is 1. The van der Waals surface area contributed by atoms with Gasteiger partial charge >= 0.3 is 5.97 Å². The molecule has 2 atom stereocenters. The second-order valence-corrected chi connectivity index (χ2v) is 5.66. The summed E-state index contributed by atoms with van der Waals surface area (Å²) in [6.07, 6.45) is 3.87. The van der Waals surface area contributed by atoms with Crippen LogP contribution in [0.1, 0.15) is 20.3 Å². The van der Waals surface area contributed by atoms with Gasteiger partial charge in [0.05, 0.1) is 11.7 Å². The molecule has 1 amide bonds. The highest BCUT2D eigenvalue weighted by atomic mass is 32.2. The van der Waals surface area contributed by atoms with Crippen LogP contribution in [0.5, 0.6) is 0 Å². The van der Waals surface area contributed by atoms with Gasteiger partial charge < -0.3 is 10.4 Å². The predicted molar refractivity (Wildman–Crippen MR) is 64.4 cm³/mol. The number of hydrogen-bond donors (Lipinski definition) is 2. The van der Waals surface area contributed by atoms with Gasteiger partial charge in [-0.1, -0.05) is 26.0 Å². The average molecular weight is 243 g/mol. The maximum Gasteiger partial charge on any atom is 0.310 e. The molecule has 0 bridgehead atoms. The van der Waals surface area contributed by atoms with Gasteiger partial charge in [0.15, 0.2) is 0 Å². The summed E-state index contributed by atoms with van der Waals surface area (Å²) in [5, 5.41) is 12.0. The molecule has 0 heterocycles. The van der Waals surface area contributed by atoms with E-state index in [1.807, 2.05) is 13.8 Å². The quantitative estimate of drug-likeness (QED) is 0.714. The highest BCUT2D eigenvalue weighted by Crippen LogP contribution is 2.18. The van der Waals surface area contributed by atoms with Gasteiger partial charge in [-0.2, -0.15) is 0 Å². The van der Waals surface area contributed by atoms with E-state index in [0.717, 1.165) is 0 Å². The molecule has 1 aliphatic rings. The van der Waals surface area contributed by atoms with E-state index < -0.39 is 11.9 Å². The average Bonchev–Trinajstić information content (AvgIpc) is 2.63. The summed E-state index contributed by atoms with van der Waals surface area (Å²) in [4.78, 5) is 22.1. The van der Waals surface area contributed by atoms with Crippen LogP contribution in [0.3, 0.4) is 0 Å². The summed E-state index contributed by atoms with van der Waals surface area (Å²) >= 11 is 1.58. The molecule has 0 aromatic carbocycles. The maximum atomic E-state index is 11.5. The SMILES string of the molecule is CC(C)SCC(=O)NC1C=CC(C(=O)O)C1. The van der Waals surface area contributed by atoms with Crippen molar-refractivity contribution in [3.63, 3.8) is 0 Å². The second-order valence-electron chi connectivity index (χ2n) is 4.10. The van der Waals surface area contributed by atoms with Crippen molar-refractivity contribution in [2.45, 2.75) is 31.6 Å². The molecular formula is C11H17NO3S. The molecule has 0 spiro atoms. The topological polar surface area (TPSA) is 66.4 Å². The fraction of sp³-hybridized carbons (Fsp3) is 0.636. The van der Waals surface area contributed by atoms with E-state index in [4.69, 9.17) is 5.11 Å². The van der Waals surface area contributed by atoms with E-state index in [2.05, 4.69) is 5.32 Å². The fourth-order valence-electron chi connectivity index (χ4n) is 1.48. The molecule has 0 aliphatic heterocycles. The van der Waals surface area contributed by atoms with Gasteiger partial charge in [0.1, 0.15) is 0 Å². The van der Waals surface area contributed by atoms with Crippen LogP contribution in [0.25, 0.3) is 0 Å². The van der Waals surface area contributed by atoms with E-state index in [-0.39, 0.29) is 11.9 Å². The van der Waals surface area contributed by atoms with E-state index >= 15 is 0 Å². The number of hydrogen-bond acceptors (Lipinski definition) is 3.